The number of carbonyl (C=O) groups excluding carboxylic acids is 3. The average Bonchev–Trinajstić information content (AvgIpc) is 3.27. The molecule has 0 N–H and O–H groups in total. The van der Waals surface area contributed by atoms with Gasteiger partial charge >= 0.3 is 11.9 Å². The third-order valence-corrected chi connectivity index (χ3v) is 6.26. The maximum absolute atomic E-state index is 12.8. The molecule has 3 atom stereocenters. The van der Waals surface area contributed by atoms with Crippen LogP contribution in [0.25, 0.3) is 0 Å². The fourth-order valence-corrected chi connectivity index (χ4v) is 4.57. The number of hydrogen-bond donors (Lipinski definition) is 0. The minimum Gasteiger partial charge on any atom is -0.458 e. The van der Waals surface area contributed by atoms with Crippen LogP contribution in [0.1, 0.15) is 72.1 Å². The van der Waals surface area contributed by atoms with Crippen LogP contribution in [0.4, 0.5) is 0 Å². The van der Waals surface area contributed by atoms with Crippen LogP contribution >= 0.6 is 0 Å². The first-order valence-corrected chi connectivity index (χ1v) is 10.7. The number of ether oxygens (including phenoxy) is 2. The van der Waals surface area contributed by atoms with E-state index in [0.29, 0.717) is 6.42 Å². The summed E-state index contributed by atoms with van der Waals surface area (Å²) in [6.07, 6.45) is 12.1. The lowest BCUT2D eigenvalue weighted by Crippen LogP contribution is -2.43. The van der Waals surface area contributed by atoms with Gasteiger partial charge in [-0.2, -0.15) is 0 Å². The van der Waals surface area contributed by atoms with Gasteiger partial charge in [0.2, 0.25) is 0 Å². The summed E-state index contributed by atoms with van der Waals surface area (Å²) in [5, 5.41) is 0. The molecular weight excluding hydrogens is 368 g/mol. The van der Waals surface area contributed by atoms with E-state index in [1.807, 2.05) is 13.0 Å². The maximum atomic E-state index is 12.8. The summed E-state index contributed by atoms with van der Waals surface area (Å²) in [5.41, 5.74) is 1.38. The minimum atomic E-state index is -0.968. The van der Waals surface area contributed by atoms with Gasteiger partial charge < -0.3 is 9.47 Å². The lowest BCUT2D eigenvalue weighted by atomic mass is 9.69. The highest BCUT2D eigenvalue weighted by molar-refractivity contribution is 6.00. The lowest BCUT2D eigenvalue weighted by molar-refractivity contribution is -0.155. The molecule has 1 saturated carbocycles. The van der Waals surface area contributed by atoms with Gasteiger partial charge in [0.25, 0.3) is 0 Å². The lowest BCUT2D eigenvalue weighted by Gasteiger charge is -2.34. The van der Waals surface area contributed by atoms with Gasteiger partial charge in [-0.3, -0.25) is 14.4 Å². The fraction of sp³-hybridized carbons (Fsp3) is 0.625. The highest BCUT2D eigenvalue weighted by Crippen LogP contribution is 2.45. The summed E-state index contributed by atoms with van der Waals surface area (Å²) in [5.74, 6) is -0.703. The summed E-state index contributed by atoms with van der Waals surface area (Å²) < 4.78 is 11.3. The van der Waals surface area contributed by atoms with Crippen molar-refractivity contribution in [3.05, 3.63) is 35.5 Å². The van der Waals surface area contributed by atoms with Crippen LogP contribution in [0.3, 0.4) is 0 Å². The molecule has 2 aliphatic carbocycles. The monoisotopic (exact) mass is 400 g/mol. The van der Waals surface area contributed by atoms with Crippen LogP contribution < -0.4 is 0 Å². The van der Waals surface area contributed by atoms with Gasteiger partial charge in [-0.15, -0.1) is 0 Å². The molecule has 29 heavy (non-hydrogen) atoms. The zero-order valence-corrected chi connectivity index (χ0v) is 17.7. The highest BCUT2D eigenvalue weighted by Gasteiger charge is 2.55. The SMILES string of the molecule is CC(C)=CCC/C(C)=C/[C@H]1OC(=O)C[C@]12C[C@H](OC(=O)C1CCCC1)C=CC2=O. The molecule has 3 rings (SSSR count). The Morgan fingerprint density at radius 3 is 2.66 bits per heavy atom. The van der Waals surface area contributed by atoms with Crippen molar-refractivity contribution in [1.29, 1.82) is 0 Å². The van der Waals surface area contributed by atoms with Gasteiger partial charge in [0, 0.05) is 6.42 Å². The molecule has 1 saturated heterocycles. The molecule has 0 aromatic carbocycles. The number of cyclic esters (lactones) is 1. The molecule has 5 heteroatoms. The Morgan fingerprint density at radius 1 is 1.24 bits per heavy atom. The second-order valence-electron chi connectivity index (χ2n) is 8.96. The van der Waals surface area contributed by atoms with Crippen molar-refractivity contribution in [3.63, 3.8) is 0 Å². The third kappa shape index (κ3) is 5.06. The van der Waals surface area contributed by atoms with Crippen LogP contribution in [0.2, 0.25) is 0 Å². The normalized spacial score (nSPS) is 30.0. The number of allylic oxidation sites excluding steroid dienone is 4. The molecular formula is C24H32O5. The van der Waals surface area contributed by atoms with Gasteiger partial charge in [0.05, 0.1) is 17.8 Å². The largest absolute Gasteiger partial charge is 0.458 e. The molecule has 3 aliphatic rings. The van der Waals surface area contributed by atoms with Crippen molar-refractivity contribution in [2.24, 2.45) is 11.3 Å². The van der Waals surface area contributed by atoms with Crippen molar-refractivity contribution in [1.82, 2.24) is 0 Å². The van der Waals surface area contributed by atoms with Crippen LogP contribution in [-0.2, 0) is 23.9 Å². The summed E-state index contributed by atoms with van der Waals surface area (Å²) in [7, 11) is 0. The Balaban J connectivity index is 1.73. The summed E-state index contributed by atoms with van der Waals surface area (Å²) >= 11 is 0. The molecule has 1 spiro atoms. The Morgan fingerprint density at radius 2 is 1.97 bits per heavy atom. The van der Waals surface area contributed by atoms with Crippen LogP contribution in [0.5, 0.6) is 0 Å². The third-order valence-electron chi connectivity index (χ3n) is 6.26. The Labute approximate surface area is 173 Å². The van der Waals surface area contributed by atoms with Crippen molar-refractivity contribution < 1.29 is 23.9 Å². The van der Waals surface area contributed by atoms with E-state index in [2.05, 4.69) is 19.9 Å². The first-order valence-electron chi connectivity index (χ1n) is 10.7. The molecule has 5 nitrogen and oxygen atoms in total. The van der Waals surface area contributed by atoms with E-state index in [0.717, 1.165) is 44.1 Å². The quantitative estimate of drug-likeness (QED) is 0.481. The van der Waals surface area contributed by atoms with Gasteiger partial charge in [-0.25, -0.2) is 0 Å². The molecule has 0 bridgehead atoms. The average molecular weight is 401 g/mol. The topological polar surface area (TPSA) is 69.7 Å². The van der Waals surface area contributed by atoms with Crippen LogP contribution in [0.15, 0.2) is 35.5 Å². The van der Waals surface area contributed by atoms with E-state index in [9.17, 15) is 14.4 Å². The van der Waals surface area contributed by atoms with Crippen molar-refractivity contribution >= 4 is 17.7 Å². The highest BCUT2D eigenvalue weighted by atomic mass is 16.6. The Kier molecular flexibility index (Phi) is 6.76. The Bertz CT molecular complexity index is 749. The number of carbonyl (C=O) groups is 3. The van der Waals surface area contributed by atoms with Gasteiger partial charge in [-0.05, 0) is 64.7 Å². The molecule has 1 heterocycles. The summed E-state index contributed by atoms with van der Waals surface area (Å²) in [6, 6.07) is 0. The van der Waals surface area contributed by atoms with Crippen molar-refractivity contribution in [2.45, 2.75) is 84.3 Å². The molecule has 1 aliphatic heterocycles. The Hall–Kier alpha value is -2.17. The van der Waals surface area contributed by atoms with E-state index < -0.39 is 17.6 Å². The molecule has 0 aromatic rings. The number of rotatable bonds is 6. The molecule has 158 valence electrons. The summed E-state index contributed by atoms with van der Waals surface area (Å²) in [4.78, 5) is 37.4. The van der Waals surface area contributed by atoms with E-state index in [-0.39, 0.29) is 30.1 Å². The molecule has 2 fully saturated rings. The van der Waals surface area contributed by atoms with E-state index in [1.54, 1.807) is 6.08 Å². The molecule has 0 aromatic heterocycles. The van der Waals surface area contributed by atoms with Crippen molar-refractivity contribution in [2.75, 3.05) is 0 Å². The van der Waals surface area contributed by atoms with Gasteiger partial charge in [0.1, 0.15) is 12.2 Å². The fourth-order valence-electron chi connectivity index (χ4n) is 4.57. The van der Waals surface area contributed by atoms with Gasteiger partial charge in [-0.1, -0.05) is 30.1 Å². The molecule has 0 amide bonds. The van der Waals surface area contributed by atoms with E-state index in [1.165, 1.54) is 11.6 Å². The smallest absolute Gasteiger partial charge is 0.309 e. The van der Waals surface area contributed by atoms with E-state index >= 15 is 0 Å². The van der Waals surface area contributed by atoms with Crippen molar-refractivity contribution in [3.8, 4) is 0 Å². The predicted octanol–water partition coefficient (Wildman–Crippen LogP) is 4.61. The minimum absolute atomic E-state index is 0.0357. The first-order chi connectivity index (χ1) is 13.8. The zero-order valence-electron chi connectivity index (χ0n) is 17.7. The second-order valence-corrected chi connectivity index (χ2v) is 8.96. The standard InChI is InChI=1S/C24H32O5/c1-16(2)7-6-8-17(3)13-21-24(15-22(26)29-21)14-19(11-12-20(24)25)28-23(27)18-9-4-5-10-18/h7,11-13,18-19,21H,4-6,8-10,14-15H2,1-3H3/b17-13+/t19-,21-,24+/m1/s1. The van der Waals surface area contributed by atoms with E-state index in [4.69, 9.17) is 9.47 Å². The van der Waals surface area contributed by atoms with Gasteiger partial charge in [0.15, 0.2) is 5.78 Å². The second kappa shape index (κ2) is 9.10. The maximum Gasteiger partial charge on any atom is 0.309 e. The summed E-state index contributed by atoms with van der Waals surface area (Å²) in [6.45, 7) is 6.12. The predicted molar refractivity (Wildman–Crippen MR) is 110 cm³/mol. The number of hydrogen-bond acceptors (Lipinski definition) is 5. The zero-order chi connectivity index (χ0) is 21.0. The first kappa shape index (κ1) is 21.5. The molecule has 0 unspecified atom stereocenters. The molecule has 0 radical (unpaired) electrons. The van der Waals surface area contributed by atoms with Crippen LogP contribution in [-0.4, -0.2) is 29.9 Å². The number of esters is 2. The number of ketones is 1. The van der Waals surface area contributed by atoms with Crippen LogP contribution in [0, 0.1) is 11.3 Å².